The van der Waals surface area contributed by atoms with Crippen molar-refractivity contribution in [3.8, 4) is 0 Å². The molecule has 0 bridgehead atoms. The maximum Gasteiger partial charge on any atom is 0.250 e. The fraction of sp³-hybridized carbons (Fsp3) is 0.292. The molecule has 1 unspecified atom stereocenters. The SMILES string of the molecule is CC(NS(=O)(=O)c1cc2c(N3CCN(C)CC3)nccc2s1)c1cccc2ccccc12.Cl. The van der Waals surface area contributed by atoms with Crippen LogP contribution in [-0.4, -0.2) is 51.5 Å². The molecule has 1 fully saturated rings. The van der Waals surface area contributed by atoms with Gasteiger partial charge in [-0.05, 0) is 42.4 Å². The van der Waals surface area contributed by atoms with Crippen LogP contribution >= 0.6 is 23.7 Å². The van der Waals surface area contributed by atoms with Gasteiger partial charge in [0, 0.05) is 48.5 Å². The topological polar surface area (TPSA) is 65.5 Å². The molecule has 0 saturated carbocycles. The molecule has 174 valence electrons. The second kappa shape index (κ2) is 9.56. The number of pyridine rings is 1. The number of likely N-dealkylation sites (N-methyl/N-ethyl adjacent to an activating group) is 1. The predicted molar refractivity (Wildman–Crippen MR) is 139 cm³/mol. The standard InChI is InChI=1S/C24H26N4O2S2.ClH/c1-17(19-9-5-7-18-6-3-4-8-20(18)19)26-32(29,30)23-16-21-22(31-23)10-11-25-24(21)28-14-12-27(2)13-15-28;/h3-11,16-17,26H,12-15H2,1-2H3;1H. The van der Waals surface area contributed by atoms with Crippen molar-refractivity contribution in [3.63, 3.8) is 0 Å². The maximum atomic E-state index is 13.3. The zero-order valence-electron chi connectivity index (χ0n) is 18.6. The van der Waals surface area contributed by atoms with Gasteiger partial charge in [0.05, 0.1) is 0 Å². The molecule has 0 amide bonds. The van der Waals surface area contributed by atoms with Gasteiger partial charge in [-0.1, -0.05) is 42.5 Å². The summed E-state index contributed by atoms with van der Waals surface area (Å²) in [5.74, 6) is 0.871. The van der Waals surface area contributed by atoms with Crippen molar-refractivity contribution in [2.45, 2.75) is 17.2 Å². The van der Waals surface area contributed by atoms with Crippen LogP contribution in [0.4, 0.5) is 5.82 Å². The van der Waals surface area contributed by atoms with Crippen LogP contribution in [-0.2, 0) is 10.0 Å². The Morgan fingerprint density at radius 2 is 1.73 bits per heavy atom. The Kier molecular flexibility index (Phi) is 6.93. The molecule has 4 aromatic rings. The summed E-state index contributed by atoms with van der Waals surface area (Å²) in [6, 6.07) is 17.3. The zero-order chi connectivity index (χ0) is 22.3. The number of nitrogens with one attached hydrogen (secondary N) is 1. The molecule has 2 aromatic heterocycles. The van der Waals surface area contributed by atoms with Gasteiger partial charge in [-0.15, -0.1) is 23.7 Å². The number of benzene rings is 2. The van der Waals surface area contributed by atoms with E-state index in [-0.39, 0.29) is 18.4 Å². The van der Waals surface area contributed by atoms with Crippen molar-refractivity contribution in [1.29, 1.82) is 0 Å². The molecule has 6 nitrogen and oxygen atoms in total. The second-order valence-corrected chi connectivity index (χ2v) is 11.3. The number of hydrogen-bond donors (Lipinski definition) is 1. The lowest BCUT2D eigenvalue weighted by atomic mass is 10.0. The molecule has 3 heterocycles. The Morgan fingerprint density at radius 1 is 1.00 bits per heavy atom. The van der Waals surface area contributed by atoms with Crippen molar-refractivity contribution >= 4 is 60.4 Å². The Bertz CT molecular complexity index is 1380. The maximum absolute atomic E-state index is 13.3. The first-order valence-electron chi connectivity index (χ1n) is 10.7. The van der Waals surface area contributed by atoms with E-state index in [1.54, 1.807) is 12.3 Å². The van der Waals surface area contributed by atoms with Gasteiger partial charge in [-0.2, -0.15) is 0 Å². The van der Waals surface area contributed by atoms with E-state index < -0.39 is 10.0 Å². The number of halogens is 1. The average molecular weight is 503 g/mol. The van der Waals surface area contributed by atoms with Gasteiger partial charge in [-0.25, -0.2) is 18.1 Å². The van der Waals surface area contributed by atoms with E-state index >= 15 is 0 Å². The van der Waals surface area contributed by atoms with Gasteiger partial charge >= 0.3 is 0 Å². The summed E-state index contributed by atoms with van der Waals surface area (Å²) >= 11 is 1.30. The minimum atomic E-state index is -3.68. The Morgan fingerprint density at radius 3 is 2.52 bits per heavy atom. The summed E-state index contributed by atoms with van der Waals surface area (Å²) in [5, 5.41) is 3.06. The molecule has 9 heteroatoms. The lowest BCUT2D eigenvalue weighted by Gasteiger charge is -2.33. The molecule has 0 spiro atoms. The second-order valence-electron chi connectivity index (χ2n) is 8.31. The van der Waals surface area contributed by atoms with E-state index in [1.165, 1.54) is 11.3 Å². The summed E-state index contributed by atoms with van der Waals surface area (Å²) in [5.41, 5.74) is 0.965. The molecule has 2 aromatic carbocycles. The normalized spacial score (nSPS) is 16.1. The molecule has 1 aliphatic rings. The van der Waals surface area contributed by atoms with Crippen LogP contribution in [0.2, 0.25) is 0 Å². The van der Waals surface area contributed by atoms with Gasteiger partial charge < -0.3 is 9.80 Å². The number of hydrogen-bond acceptors (Lipinski definition) is 6. The van der Waals surface area contributed by atoms with Gasteiger partial charge in [0.15, 0.2) is 0 Å². The van der Waals surface area contributed by atoms with Crippen molar-refractivity contribution in [3.05, 3.63) is 66.4 Å². The molecule has 0 radical (unpaired) electrons. The summed E-state index contributed by atoms with van der Waals surface area (Å²) in [7, 11) is -1.57. The fourth-order valence-electron chi connectivity index (χ4n) is 4.31. The summed E-state index contributed by atoms with van der Waals surface area (Å²) in [4.78, 5) is 9.13. The van der Waals surface area contributed by atoms with Gasteiger partial charge in [0.2, 0.25) is 0 Å². The predicted octanol–water partition coefficient (Wildman–Crippen LogP) is 4.66. The van der Waals surface area contributed by atoms with E-state index in [1.807, 2.05) is 55.5 Å². The lowest BCUT2D eigenvalue weighted by molar-refractivity contribution is 0.312. The van der Waals surface area contributed by atoms with E-state index in [2.05, 4.69) is 26.6 Å². The first kappa shape index (κ1) is 23.9. The highest BCUT2D eigenvalue weighted by Gasteiger charge is 2.24. The van der Waals surface area contributed by atoms with Crippen LogP contribution < -0.4 is 9.62 Å². The molecule has 33 heavy (non-hydrogen) atoms. The third-order valence-electron chi connectivity index (χ3n) is 6.09. The minimum Gasteiger partial charge on any atom is -0.354 e. The van der Waals surface area contributed by atoms with Crippen LogP contribution in [0, 0.1) is 0 Å². The quantitative estimate of drug-likeness (QED) is 0.430. The van der Waals surface area contributed by atoms with Crippen molar-refractivity contribution in [2.75, 3.05) is 38.1 Å². The van der Waals surface area contributed by atoms with Crippen molar-refractivity contribution in [1.82, 2.24) is 14.6 Å². The van der Waals surface area contributed by atoms with Crippen LogP contribution in [0.3, 0.4) is 0 Å². The van der Waals surface area contributed by atoms with Crippen molar-refractivity contribution < 1.29 is 8.42 Å². The van der Waals surface area contributed by atoms with Gasteiger partial charge in [0.1, 0.15) is 10.0 Å². The van der Waals surface area contributed by atoms with Crippen molar-refractivity contribution in [2.24, 2.45) is 0 Å². The van der Waals surface area contributed by atoms with E-state index in [0.717, 1.165) is 58.4 Å². The number of piperazine rings is 1. The third kappa shape index (κ3) is 4.72. The smallest absolute Gasteiger partial charge is 0.250 e. The monoisotopic (exact) mass is 502 g/mol. The number of rotatable bonds is 5. The van der Waals surface area contributed by atoms with E-state index in [0.29, 0.717) is 4.21 Å². The van der Waals surface area contributed by atoms with E-state index in [4.69, 9.17) is 0 Å². The number of sulfonamides is 1. The van der Waals surface area contributed by atoms with Crippen LogP contribution in [0.5, 0.6) is 0 Å². The third-order valence-corrected chi connectivity index (χ3v) is 9.21. The number of fused-ring (bicyclic) bond motifs is 2. The molecule has 1 saturated heterocycles. The lowest BCUT2D eigenvalue weighted by Crippen LogP contribution is -2.44. The Hall–Kier alpha value is -2.23. The molecule has 1 atom stereocenters. The first-order valence-corrected chi connectivity index (χ1v) is 13.0. The molecule has 1 aliphatic heterocycles. The molecular formula is C24H27ClN4O2S2. The molecule has 0 aliphatic carbocycles. The van der Waals surface area contributed by atoms with Crippen LogP contribution in [0.25, 0.3) is 20.9 Å². The summed E-state index contributed by atoms with van der Waals surface area (Å²) in [6.07, 6.45) is 1.77. The highest BCUT2D eigenvalue weighted by atomic mass is 35.5. The first-order chi connectivity index (χ1) is 15.4. The van der Waals surface area contributed by atoms with Crippen LogP contribution in [0.1, 0.15) is 18.5 Å². The fourth-order valence-corrected chi connectivity index (χ4v) is 6.93. The number of aromatic nitrogens is 1. The Balaban J connectivity index is 0.00000259. The zero-order valence-corrected chi connectivity index (χ0v) is 21.0. The largest absolute Gasteiger partial charge is 0.354 e. The number of nitrogens with zero attached hydrogens (tertiary/aromatic N) is 3. The highest BCUT2D eigenvalue weighted by Crippen LogP contribution is 2.35. The van der Waals surface area contributed by atoms with Crippen LogP contribution in [0.15, 0.2) is 65.0 Å². The molecule has 5 rings (SSSR count). The summed E-state index contributed by atoms with van der Waals surface area (Å²) in [6.45, 7) is 5.60. The molecule has 1 N–H and O–H groups in total. The van der Waals surface area contributed by atoms with Gasteiger partial charge in [-0.3, -0.25) is 0 Å². The number of anilines is 1. The minimum absolute atomic E-state index is 0. The van der Waals surface area contributed by atoms with Gasteiger partial charge in [0.25, 0.3) is 10.0 Å². The highest BCUT2D eigenvalue weighted by molar-refractivity contribution is 7.91. The molecular weight excluding hydrogens is 476 g/mol. The number of thiophene rings is 1. The average Bonchev–Trinajstić information content (AvgIpc) is 3.25. The summed E-state index contributed by atoms with van der Waals surface area (Å²) < 4.78 is 30.8. The van der Waals surface area contributed by atoms with E-state index in [9.17, 15) is 8.42 Å². The Labute approximate surface area is 204 Å².